The van der Waals surface area contributed by atoms with E-state index in [-0.39, 0.29) is 5.41 Å². The molecule has 0 aromatic carbocycles. The molecule has 0 radical (unpaired) electrons. The van der Waals surface area contributed by atoms with Gasteiger partial charge in [0.1, 0.15) is 0 Å². The van der Waals surface area contributed by atoms with E-state index in [0.29, 0.717) is 0 Å². The third kappa shape index (κ3) is 2.19. The minimum Gasteiger partial charge on any atom is -0.315 e. The van der Waals surface area contributed by atoms with Crippen molar-refractivity contribution in [1.29, 1.82) is 0 Å². The van der Waals surface area contributed by atoms with Gasteiger partial charge in [-0.25, -0.2) is 0 Å². The van der Waals surface area contributed by atoms with Crippen LogP contribution in [0.15, 0.2) is 6.07 Å². The first-order valence-electron chi connectivity index (χ1n) is 7.03. The van der Waals surface area contributed by atoms with Crippen molar-refractivity contribution in [2.24, 2.45) is 5.92 Å². The van der Waals surface area contributed by atoms with E-state index in [9.17, 15) is 0 Å². The summed E-state index contributed by atoms with van der Waals surface area (Å²) in [5.74, 6) is 0.870. The zero-order chi connectivity index (χ0) is 12.8. The molecule has 3 heterocycles. The van der Waals surface area contributed by atoms with Gasteiger partial charge >= 0.3 is 0 Å². The van der Waals surface area contributed by atoms with Gasteiger partial charge in [-0.15, -0.1) is 0 Å². The van der Waals surface area contributed by atoms with E-state index in [0.717, 1.165) is 30.7 Å². The molecule has 3 rings (SSSR count). The Morgan fingerprint density at radius 3 is 2.94 bits per heavy atom. The predicted molar refractivity (Wildman–Crippen MR) is 72.5 cm³/mol. The molecular formula is C14H24N4. The fourth-order valence-electron chi connectivity index (χ4n) is 3.18. The summed E-state index contributed by atoms with van der Waals surface area (Å²) in [5.41, 5.74) is 2.56. The van der Waals surface area contributed by atoms with Gasteiger partial charge in [-0.3, -0.25) is 10.00 Å². The molecule has 4 nitrogen and oxygen atoms in total. The molecule has 2 saturated heterocycles. The molecule has 0 saturated carbocycles. The highest BCUT2D eigenvalue weighted by Gasteiger charge is 2.37. The van der Waals surface area contributed by atoms with Crippen LogP contribution in [0.3, 0.4) is 0 Å². The Hall–Kier alpha value is -0.870. The van der Waals surface area contributed by atoms with Gasteiger partial charge < -0.3 is 5.32 Å². The molecule has 100 valence electrons. The van der Waals surface area contributed by atoms with Crippen LogP contribution in [0.1, 0.15) is 38.6 Å². The molecule has 0 spiro atoms. The Balaban J connectivity index is 1.68. The zero-order valence-electron chi connectivity index (χ0n) is 11.7. The maximum absolute atomic E-state index is 4.45. The zero-order valence-corrected chi connectivity index (χ0v) is 11.7. The lowest BCUT2D eigenvalue weighted by Crippen LogP contribution is -2.33. The van der Waals surface area contributed by atoms with Crippen LogP contribution in [0, 0.1) is 5.92 Å². The number of aromatic nitrogens is 2. The van der Waals surface area contributed by atoms with Crippen LogP contribution in [-0.2, 0) is 12.0 Å². The molecule has 2 N–H and O–H groups in total. The van der Waals surface area contributed by atoms with Crippen LogP contribution in [-0.4, -0.2) is 40.8 Å². The second-order valence-corrected chi connectivity index (χ2v) is 6.77. The molecule has 0 unspecified atom stereocenters. The van der Waals surface area contributed by atoms with Gasteiger partial charge in [-0.1, -0.05) is 20.8 Å². The lowest BCUT2D eigenvalue weighted by Gasteiger charge is -2.22. The lowest BCUT2D eigenvalue weighted by atomic mass is 9.92. The summed E-state index contributed by atoms with van der Waals surface area (Å²) in [6.07, 6.45) is 1.35. The van der Waals surface area contributed by atoms with Crippen molar-refractivity contribution < 1.29 is 0 Å². The third-order valence-electron chi connectivity index (χ3n) is 4.33. The fraction of sp³-hybridized carbons (Fsp3) is 0.786. The smallest absolute Gasteiger partial charge is 0.0678 e. The second-order valence-electron chi connectivity index (χ2n) is 6.77. The number of hydrogen-bond acceptors (Lipinski definition) is 3. The minimum absolute atomic E-state index is 0.136. The first-order valence-corrected chi connectivity index (χ1v) is 7.03. The molecule has 1 aromatic rings. The third-order valence-corrected chi connectivity index (χ3v) is 4.33. The summed E-state index contributed by atoms with van der Waals surface area (Å²) in [6, 6.07) is 2.97. The molecule has 2 fully saturated rings. The highest BCUT2D eigenvalue weighted by molar-refractivity contribution is 5.16. The summed E-state index contributed by atoms with van der Waals surface area (Å²) < 4.78 is 0. The number of fused-ring (bicyclic) bond motifs is 1. The SMILES string of the molecule is CC(C)(C)c1cc(CN2CC[C@H]3CNC[C@H]32)[nH]n1. The standard InChI is InChI=1S/C14H24N4/c1-14(2,3)13-6-11(16-17-13)9-18-5-4-10-7-15-8-12(10)18/h6,10,12,15H,4-5,7-9H2,1-3H3,(H,16,17)/t10-,12+/m0/s1. The molecule has 0 bridgehead atoms. The van der Waals surface area contributed by atoms with E-state index >= 15 is 0 Å². The first kappa shape index (κ1) is 12.2. The van der Waals surface area contributed by atoms with Gasteiger partial charge in [-0.2, -0.15) is 5.10 Å². The number of aromatic amines is 1. The van der Waals surface area contributed by atoms with Crippen LogP contribution in [0.5, 0.6) is 0 Å². The Labute approximate surface area is 109 Å². The average Bonchev–Trinajstić information content (AvgIpc) is 2.95. The monoisotopic (exact) mass is 248 g/mol. The van der Waals surface area contributed by atoms with Crippen molar-refractivity contribution in [3.8, 4) is 0 Å². The summed E-state index contributed by atoms with van der Waals surface area (Å²) in [7, 11) is 0. The number of likely N-dealkylation sites (tertiary alicyclic amines) is 1. The molecule has 2 aliphatic heterocycles. The minimum atomic E-state index is 0.136. The van der Waals surface area contributed by atoms with Gasteiger partial charge in [-0.05, 0) is 31.5 Å². The van der Waals surface area contributed by atoms with Crippen molar-refractivity contribution in [1.82, 2.24) is 20.4 Å². The summed E-state index contributed by atoms with van der Waals surface area (Å²) in [5, 5.41) is 11.2. The van der Waals surface area contributed by atoms with Crippen molar-refractivity contribution in [3.63, 3.8) is 0 Å². The van der Waals surface area contributed by atoms with Gasteiger partial charge in [0.15, 0.2) is 0 Å². The molecule has 1 aromatic heterocycles. The molecule has 2 atom stereocenters. The normalized spacial score (nSPS) is 28.8. The van der Waals surface area contributed by atoms with E-state index in [1.54, 1.807) is 0 Å². The molecule has 18 heavy (non-hydrogen) atoms. The Morgan fingerprint density at radius 1 is 1.39 bits per heavy atom. The molecule has 4 heteroatoms. The molecular weight excluding hydrogens is 224 g/mol. The maximum Gasteiger partial charge on any atom is 0.0678 e. The van der Waals surface area contributed by atoms with E-state index in [4.69, 9.17) is 0 Å². The van der Waals surface area contributed by atoms with Gasteiger partial charge in [0.05, 0.1) is 5.69 Å². The van der Waals surface area contributed by atoms with Crippen molar-refractivity contribution in [2.75, 3.05) is 19.6 Å². The van der Waals surface area contributed by atoms with Crippen LogP contribution >= 0.6 is 0 Å². The van der Waals surface area contributed by atoms with Gasteiger partial charge in [0.2, 0.25) is 0 Å². The second kappa shape index (κ2) is 4.35. The Bertz CT molecular complexity index is 418. The summed E-state index contributed by atoms with van der Waals surface area (Å²) in [6.45, 7) is 11.2. The average molecular weight is 248 g/mol. The largest absolute Gasteiger partial charge is 0.315 e. The molecule has 2 aliphatic rings. The fourth-order valence-corrected chi connectivity index (χ4v) is 3.18. The molecule has 0 aliphatic carbocycles. The van der Waals surface area contributed by atoms with Crippen molar-refractivity contribution >= 4 is 0 Å². The Kier molecular flexibility index (Phi) is 2.94. The van der Waals surface area contributed by atoms with Crippen molar-refractivity contribution in [2.45, 2.75) is 45.2 Å². The van der Waals surface area contributed by atoms with E-state index < -0.39 is 0 Å². The topological polar surface area (TPSA) is 44.0 Å². The van der Waals surface area contributed by atoms with Crippen LogP contribution in [0.2, 0.25) is 0 Å². The van der Waals surface area contributed by atoms with Gasteiger partial charge in [0, 0.05) is 30.2 Å². The molecule has 0 amide bonds. The number of nitrogens with one attached hydrogen (secondary N) is 2. The van der Waals surface area contributed by atoms with Crippen LogP contribution in [0.25, 0.3) is 0 Å². The lowest BCUT2D eigenvalue weighted by molar-refractivity contribution is 0.241. The number of hydrogen-bond donors (Lipinski definition) is 2. The predicted octanol–water partition coefficient (Wildman–Crippen LogP) is 1.50. The van der Waals surface area contributed by atoms with Gasteiger partial charge in [0.25, 0.3) is 0 Å². The highest BCUT2D eigenvalue weighted by Crippen LogP contribution is 2.29. The quantitative estimate of drug-likeness (QED) is 0.833. The van der Waals surface area contributed by atoms with Crippen LogP contribution in [0.4, 0.5) is 0 Å². The van der Waals surface area contributed by atoms with E-state index in [1.807, 2.05) is 0 Å². The van der Waals surface area contributed by atoms with E-state index in [1.165, 1.54) is 25.2 Å². The van der Waals surface area contributed by atoms with E-state index in [2.05, 4.69) is 47.3 Å². The number of H-pyrrole nitrogens is 1. The van der Waals surface area contributed by atoms with Crippen LogP contribution < -0.4 is 5.32 Å². The summed E-state index contributed by atoms with van der Waals surface area (Å²) in [4.78, 5) is 2.60. The summed E-state index contributed by atoms with van der Waals surface area (Å²) >= 11 is 0. The first-order chi connectivity index (χ1) is 8.54. The maximum atomic E-state index is 4.45. The highest BCUT2D eigenvalue weighted by atomic mass is 15.2. The van der Waals surface area contributed by atoms with Crippen molar-refractivity contribution in [3.05, 3.63) is 17.5 Å². The Morgan fingerprint density at radius 2 is 2.22 bits per heavy atom. The number of rotatable bonds is 2. The number of nitrogens with zero attached hydrogens (tertiary/aromatic N) is 2.